The van der Waals surface area contributed by atoms with Crippen LogP contribution in [0.1, 0.15) is 22.5 Å². The number of aryl methyl sites for hydroxylation is 2. The van der Waals surface area contributed by atoms with E-state index in [9.17, 15) is 0 Å². The standard InChI is InChI=1S/C22H27N5O.HI/c1-16-12-17(2)27(26-16)21-11-6-5-9-19(21)15-25-22(23-3)24-14-18-8-7-10-20(13-18)28-4;/h5-13H,14-15H2,1-4H3,(H2,23,24,25);1H. The molecule has 2 N–H and O–H groups in total. The van der Waals surface area contributed by atoms with Crippen molar-refractivity contribution in [2.45, 2.75) is 26.9 Å². The van der Waals surface area contributed by atoms with Crippen LogP contribution in [0.2, 0.25) is 0 Å². The number of rotatable bonds is 6. The highest BCUT2D eigenvalue weighted by molar-refractivity contribution is 14.0. The number of aromatic nitrogens is 2. The zero-order chi connectivity index (χ0) is 19.9. The summed E-state index contributed by atoms with van der Waals surface area (Å²) >= 11 is 0. The van der Waals surface area contributed by atoms with Crippen molar-refractivity contribution in [3.63, 3.8) is 0 Å². The van der Waals surface area contributed by atoms with Gasteiger partial charge in [-0.3, -0.25) is 4.99 Å². The number of nitrogens with one attached hydrogen (secondary N) is 2. The molecule has 0 aliphatic rings. The highest BCUT2D eigenvalue weighted by atomic mass is 127. The Hall–Kier alpha value is -2.55. The molecule has 1 aromatic heterocycles. The van der Waals surface area contributed by atoms with Crippen LogP contribution in [-0.4, -0.2) is 29.9 Å². The Kier molecular flexibility index (Phi) is 8.50. The minimum atomic E-state index is 0. The van der Waals surface area contributed by atoms with Gasteiger partial charge in [0.15, 0.2) is 5.96 Å². The number of halogens is 1. The molecular weight excluding hydrogens is 477 g/mol. The first-order valence-electron chi connectivity index (χ1n) is 9.29. The molecule has 0 unspecified atom stereocenters. The largest absolute Gasteiger partial charge is 0.497 e. The fraction of sp³-hybridized carbons (Fsp3) is 0.273. The van der Waals surface area contributed by atoms with Crippen molar-refractivity contribution in [2.75, 3.05) is 14.2 Å². The average Bonchev–Trinajstić information content (AvgIpc) is 3.06. The zero-order valence-corrected chi connectivity index (χ0v) is 19.6. The molecule has 0 atom stereocenters. The smallest absolute Gasteiger partial charge is 0.191 e. The number of para-hydroxylation sites is 1. The number of ether oxygens (including phenoxy) is 1. The van der Waals surface area contributed by atoms with E-state index in [0.29, 0.717) is 13.1 Å². The molecule has 3 rings (SSSR count). The average molecular weight is 505 g/mol. The summed E-state index contributed by atoms with van der Waals surface area (Å²) in [5, 5.41) is 11.3. The predicted molar refractivity (Wildman–Crippen MR) is 128 cm³/mol. The van der Waals surface area contributed by atoms with Crippen molar-refractivity contribution in [1.82, 2.24) is 20.4 Å². The number of hydrogen-bond donors (Lipinski definition) is 2. The number of guanidine groups is 1. The van der Waals surface area contributed by atoms with E-state index in [4.69, 9.17) is 4.74 Å². The second kappa shape index (κ2) is 10.8. The highest BCUT2D eigenvalue weighted by Crippen LogP contribution is 2.17. The molecule has 29 heavy (non-hydrogen) atoms. The second-order valence-electron chi connectivity index (χ2n) is 6.60. The van der Waals surface area contributed by atoms with Gasteiger partial charge in [0.2, 0.25) is 0 Å². The third-order valence-electron chi connectivity index (χ3n) is 4.49. The lowest BCUT2D eigenvalue weighted by molar-refractivity contribution is 0.414. The first-order chi connectivity index (χ1) is 13.6. The molecule has 0 spiro atoms. The minimum Gasteiger partial charge on any atom is -0.497 e. The van der Waals surface area contributed by atoms with Crippen molar-refractivity contribution in [3.05, 3.63) is 77.1 Å². The van der Waals surface area contributed by atoms with Crippen LogP contribution in [0.15, 0.2) is 59.6 Å². The Bertz CT molecular complexity index is 967. The van der Waals surface area contributed by atoms with Crippen LogP contribution < -0.4 is 15.4 Å². The summed E-state index contributed by atoms with van der Waals surface area (Å²) in [7, 11) is 3.45. The summed E-state index contributed by atoms with van der Waals surface area (Å²) in [5.41, 5.74) is 5.48. The Balaban J connectivity index is 0.00000300. The molecule has 0 bridgehead atoms. The van der Waals surface area contributed by atoms with Gasteiger partial charge in [-0.05, 0) is 49.2 Å². The molecule has 0 radical (unpaired) electrons. The first-order valence-corrected chi connectivity index (χ1v) is 9.29. The molecule has 0 saturated carbocycles. The lowest BCUT2D eigenvalue weighted by atomic mass is 10.1. The monoisotopic (exact) mass is 505 g/mol. The lowest BCUT2D eigenvalue weighted by Crippen LogP contribution is -2.36. The molecule has 0 fully saturated rings. The summed E-state index contributed by atoms with van der Waals surface area (Å²) in [6.45, 7) is 5.38. The Labute approximate surface area is 189 Å². The van der Waals surface area contributed by atoms with Crippen LogP contribution >= 0.6 is 24.0 Å². The van der Waals surface area contributed by atoms with Gasteiger partial charge in [0, 0.05) is 25.8 Å². The van der Waals surface area contributed by atoms with Crippen LogP contribution in [0.4, 0.5) is 0 Å². The summed E-state index contributed by atoms with van der Waals surface area (Å²) < 4.78 is 7.26. The third-order valence-corrected chi connectivity index (χ3v) is 4.49. The van der Waals surface area contributed by atoms with E-state index in [2.05, 4.69) is 51.9 Å². The molecule has 154 valence electrons. The van der Waals surface area contributed by atoms with Gasteiger partial charge in [0.1, 0.15) is 5.75 Å². The predicted octanol–water partition coefficient (Wildman–Crippen LogP) is 3.98. The van der Waals surface area contributed by atoms with Gasteiger partial charge in [0.25, 0.3) is 0 Å². The Morgan fingerprint density at radius 1 is 1.03 bits per heavy atom. The minimum absolute atomic E-state index is 0. The molecule has 7 heteroatoms. The molecule has 3 aromatic rings. The van der Waals surface area contributed by atoms with Crippen LogP contribution in [0.5, 0.6) is 5.75 Å². The van der Waals surface area contributed by atoms with Gasteiger partial charge in [-0.1, -0.05) is 30.3 Å². The highest BCUT2D eigenvalue weighted by Gasteiger charge is 2.09. The first kappa shape index (κ1) is 22.7. The molecule has 6 nitrogen and oxygen atoms in total. The van der Waals surface area contributed by atoms with E-state index in [1.54, 1.807) is 14.2 Å². The van der Waals surface area contributed by atoms with E-state index >= 15 is 0 Å². The maximum absolute atomic E-state index is 5.28. The molecule has 2 aromatic carbocycles. The lowest BCUT2D eigenvalue weighted by Gasteiger charge is -2.15. The third kappa shape index (κ3) is 5.96. The molecule has 0 amide bonds. The van der Waals surface area contributed by atoms with Crippen molar-refractivity contribution in [1.29, 1.82) is 0 Å². The number of benzene rings is 2. The van der Waals surface area contributed by atoms with Gasteiger partial charge in [-0.15, -0.1) is 24.0 Å². The van der Waals surface area contributed by atoms with Gasteiger partial charge < -0.3 is 15.4 Å². The van der Waals surface area contributed by atoms with Crippen LogP contribution in [0.3, 0.4) is 0 Å². The van der Waals surface area contributed by atoms with Crippen LogP contribution in [0.25, 0.3) is 5.69 Å². The van der Waals surface area contributed by atoms with Crippen LogP contribution in [-0.2, 0) is 13.1 Å². The van der Waals surface area contributed by atoms with Crippen molar-refractivity contribution < 1.29 is 4.74 Å². The normalized spacial score (nSPS) is 11.0. The Morgan fingerprint density at radius 3 is 2.48 bits per heavy atom. The van der Waals surface area contributed by atoms with E-state index in [0.717, 1.165) is 39.9 Å². The Morgan fingerprint density at radius 2 is 1.79 bits per heavy atom. The van der Waals surface area contributed by atoms with Crippen LogP contribution in [0, 0.1) is 13.8 Å². The number of nitrogens with zero attached hydrogens (tertiary/aromatic N) is 3. The summed E-state index contributed by atoms with van der Waals surface area (Å²) in [6.07, 6.45) is 0. The summed E-state index contributed by atoms with van der Waals surface area (Å²) in [4.78, 5) is 4.33. The fourth-order valence-corrected chi connectivity index (χ4v) is 3.11. The molecule has 1 heterocycles. The zero-order valence-electron chi connectivity index (χ0n) is 17.3. The number of aliphatic imine (C=N–C) groups is 1. The maximum Gasteiger partial charge on any atom is 0.191 e. The topological polar surface area (TPSA) is 63.5 Å². The van der Waals surface area contributed by atoms with E-state index in [-0.39, 0.29) is 24.0 Å². The van der Waals surface area contributed by atoms with Crippen molar-refractivity contribution in [3.8, 4) is 11.4 Å². The van der Waals surface area contributed by atoms with E-state index in [1.165, 1.54) is 0 Å². The molecule has 0 aliphatic carbocycles. The van der Waals surface area contributed by atoms with Gasteiger partial charge in [0.05, 0.1) is 18.5 Å². The van der Waals surface area contributed by atoms with Gasteiger partial charge in [-0.25, -0.2) is 4.68 Å². The number of methoxy groups -OCH3 is 1. The summed E-state index contributed by atoms with van der Waals surface area (Å²) in [5.74, 6) is 1.59. The second-order valence-corrected chi connectivity index (χ2v) is 6.60. The molecule has 0 aliphatic heterocycles. The van der Waals surface area contributed by atoms with Gasteiger partial charge >= 0.3 is 0 Å². The molecule has 0 saturated heterocycles. The van der Waals surface area contributed by atoms with Crippen molar-refractivity contribution >= 4 is 29.9 Å². The van der Waals surface area contributed by atoms with E-state index < -0.39 is 0 Å². The quantitative estimate of drug-likeness (QED) is 0.302. The summed E-state index contributed by atoms with van der Waals surface area (Å²) in [6, 6.07) is 18.3. The SMILES string of the molecule is CN=C(NCc1cccc(OC)c1)NCc1ccccc1-n1nc(C)cc1C.I. The maximum atomic E-state index is 5.28. The van der Waals surface area contributed by atoms with Crippen molar-refractivity contribution in [2.24, 2.45) is 4.99 Å². The molecular formula is C22H28IN5O. The fourth-order valence-electron chi connectivity index (χ4n) is 3.11. The number of hydrogen-bond acceptors (Lipinski definition) is 3. The van der Waals surface area contributed by atoms with Gasteiger partial charge in [-0.2, -0.15) is 5.10 Å². The van der Waals surface area contributed by atoms with E-state index in [1.807, 2.05) is 41.9 Å².